The lowest BCUT2D eigenvalue weighted by molar-refractivity contribution is -0.387. The molecule has 1 aliphatic rings. The second-order valence-corrected chi connectivity index (χ2v) is 5.18. The first kappa shape index (κ1) is 15.0. The summed E-state index contributed by atoms with van der Waals surface area (Å²) in [6.07, 6.45) is 0. The topological polar surface area (TPSA) is 113 Å². The van der Waals surface area contributed by atoms with E-state index in [1.807, 2.05) is 0 Å². The zero-order valence-corrected chi connectivity index (χ0v) is 11.3. The van der Waals surface area contributed by atoms with E-state index in [9.17, 15) is 24.1 Å². The monoisotopic (exact) mass is 315 g/mol. The number of nitrogens with zero attached hydrogens (tertiary/aromatic N) is 2. The SMILES string of the molecule is O=C(O)C1CSCN1C(=O)Nc1ccc([N+](=O)[O-])c(F)c1. The third-order valence-electron chi connectivity index (χ3n) is 2.82. The molecule has 0 radical (unpaired) electrons. The maximum absolute atomic E-state index is 13.4. The summed E-state index contributed by atoms with van der Waals surface area (Å²) < 4.78 is 13.4. The highest BCUT2D eigenvalue weighted by Crippen LogP contribution is 2.24. The number of benzene rings is 1. The number of nitrogens with one attached hydrogen (secondary N) is 1. The quantitative estimate of drug-likeness (QED) is 0.648. The van der Waals surface area contributed by atoms with Crippen molar-refractivity contribution in [3.8, 4) is 0 Å². The maximum Gasteiger partial charge on any atom is 0.327 e. The molecule has 1 heterocycles. The number of hydrogen-bond acceptors (Lipinski definition) is 5. The third-order valence-corrected chi connectivity index (χ3v) is 3.84. The number of nitro benzene ring substituents is 1. The van der Waals surface area contributed by atoms with Crippen LogP contribution in [0.2, 0.25) is 0 Å². The summed E-state index contributed by atoms with van der Waals surface area (Å²) in [6.45, 7) is 0. The van der Waals surface area contributed by atoms with Gasteiger partial charge in [-0.05, 0) is 6.07 Å². The smallest absolute Gasteiger partial charge is 0.327 e. The van der Waals surface area contributed by atoms with Crippen molar-refractivity contribution in [1.82, 2.24) is 4.90 Å². The number of carbonyl (C=O) groups excluding carboxylic acids is 1. The zero-order chi connectivity index (χ0) is 15.6. The Balaban J connectivity index is 2.11. The Morgan fingerprint density at radius 2 is 2.24 bits per heavy atom. The molecule has 1 aliphatic heterocycles. The van der Waals surface area contributed by atoms with Crippen molar-refractivity contribution in [2.75, 3.05) is 16.9 Å². The molecule has 2 amide bonds. The van der Waals surface area contributed by atoms with E-state index < -0.39 is 34.5 Å². The van der Waals surface area contributed by atoms with Crippen LogP contribution >= 0.6 is 11.8 Å². The minimum Gasteiger partial charge on any atom is -0.480 e. The van der Waals surface area contributed by atoms with Crippen LogP contribution in [0.15, 0.2) is 18.2 Å². The van der Waals surface area contributed by atoms with Crippen molar-refractivity contribution >= 4 is 35.1 Å². The highest BCUT2D eigenvalue weighted by atomic mass is 32.2. The summed E-state index contributed by atoms with van der Waals surface area (Å²) in [6, 6.07) is 1.28. The molecular weight excluding hydrogens is 305 g/mol. The van der Waals surface area contributed by atoms with Gasteiger partial charge in [-0.25, -0.2) is 9.59 Å². The lowest BCUT2D eigenvalue weighted by atomic mass is 10.2. The van der Waals surface area contributed by atoms with Crippen molar-refractivity contribution in [3.63, 3.8) is 0 Å². The van der Waals surface area contributed by atoms with Crippen LogP contribution in [0.25, 0.3) is 0 Å². The van der Waals surface area contributed by atoms with Crippen LogP contribution in [0, 0.1) is 15.9 Å². The Labute approximate surface area is 122 Å². The molecule has 0 aliphatic carbocycles. The van der Waals surface area contributed by atoms with Crippen molar-refractivity contribution in [2.45, 2.75) is 6.04 Å². The molecule has 2 N–H and O–H groups in total. The normalized spacial score (nSPS) is 17.6. The fourth-order valence-corrected chi connectivity index (χ4v) is 2.92. The molecule has 0 saturated carbocycles. The minimum atomic E-state index is -1.12. The molecule has 0 aromatic heterocycles. The number of amides is 2. The number of halogens is 1. The molecule has 1 saturated heterocycles. The van der Waals surface area contributed by atoms with Gasteiger partial charge >= 0.3 is 17.7 Å². The summed E-state index contributed by atoms with van der Waals surface area (Å²) in [5.74, 6) is -1.72. The van der Waals surface area contributed by atoms with E-state index in [1.54, 1.807) is 0 Å². The fraction of sp³-hybridized carbons (Fsp3) is 0.273. The number of urea groups is 1. The highest BCUT2D eigenvalue weighted by Gasteiger charge is 2.34. The Morgan fingerprint density at radius 1 is 1.52 bits per heavy atom. The molecule has 8 nitrogen and oxygen atoms in total. The largest absolute Gasteiger partial charge is 0.480 e. The number of carboxylic acid groups (broad SMARTS) is 1. The maximum atomic E-state index is 13.4. The summed E-state index contributed by atoms with van der Waals surface area (Å²) >= 11 is 1.29. The predicted octanol–water partition coefficient (Wildman–Crippen LogP) is 1.73. The van der Waals surface area contributed by atoms with Gasteiger partial charge in [0.25, 0.3) is 0 Å². The van der Waals surface area contributed by atoms with E-state index in [-0.39, 0.29) is 17.3 Å². The van der Waals surface area contributed by atoms with Gasteiger partial charge in [0.05, 0.1) is 10.8 Å². The van der Waals surface area contributed by atoms with Gasteiger partial charge in [0.15, 0.2) is 0 Å². The summed E-state index contributed by atoms with van der Waals surface area (Å²) in [5, 5.41) is 21.8. The standard InChI is InChI=1S/C11H10FN3O5S/c12-7-3-6(1-2-8(7)15(19)20)13-11(18)14-5-21-4-9(14)10(16)17/h1-3,9H,4-5H2,(H,13,18)(H,16,17). The van der Waals surface area contributed by atoms with Crippen molar-refractivity contribution in [1.29, 1.82) is 0 Å². The number of carboxylic acids is 1. The fourth-order valence-electron chi connectivity index (χ4n) is 1.78. The van der Waals surface area contributed by atoms with E-state index in [4.69, 9.17) is 5.11 Å². The molecule has 0 spiro atoms. The highest BCUT2D eigenvalue weighted by molar-refractivity contribution is 7.99. The Kier molecular flexibility index (Phi) is 4.26. The summed E-state index contributed by atoms with van der Waals surface area (Å²) in [5.41, 5.74) is -0.683. The first-order valence-corrected chi connectivity index (χ1v) is 6.87. The van der Waals surface area contributed by atoms with Crippen LogP contribution in [-0.2, 0) is 4.79 Å². The predicted molar refractivity (Wildman–Crippen MR) is 72.7 cm³/mol. The van der Waals surface area contributed by atoms with E-state index in [2.05, 4.69) is 5.32 Å². The van der Waals surface area contributed by atoms with E-state index >= 15 is 0 Å². The van der Waals surface area contributed by atoms with E-state index in [0.717, 1.165) is 17.0 Å². The third kappa shape index (κ3) is 3.21. The Bertz CT molecular complexity index is 612. The summed E-state index contributed by atoms with van der Waals surface area (Å²) in [7, 11) is 0. The van der Waals surface area contributed by atoms with Crippen molar-refractivity contribution in [2.24, 2.45) is 0 Å². The summed E-state index contributed by atoms with van der Waals surface area (Å²) in [4.78, 5) is 33.6. The van der Waals surface area contributed by atoms with Gasteiger partial charge in [0.2, 0.25) is 5.82 Å². The molecule has 1 aromatic rings. The van der Waals surface area contributed by atoms with Crippen molar-refractivity contribution in [3.05, 3.63) is 34.1 Å². The molecule has 1 fully saturated rings. The van der Waals surface area contributed by atoms with Gasteiger partial charge in [-0.1, -0.05) is 0 Å². The average Bonchev–Trinajstić information content (AvgIpc) is 2.87. The Morgan fingerprint density at radius 3 is 2.81 bits per heavy atom. The van der Waals surface area contributed by atoms with Crippen LogP contribution in [0.5, 0.6) is 0 Å². The Hall–Kier alpha value is -2.36. The van der Waals surface area contributed by atoms with Crippen LogP contribution in [-0.4, -0.2) is 44.6 Å². The first-order chi connectivity index (χ1) is 9.90. The van der Waals surface area contributed by atoms with Gasteiger partial charge in [0.1, 0.15) is 6.04 Å². The molecular formula is C11H10FN3O5S. The number of carbonyl (C=O) groups is 2. The van der Waals surface area contributed by atoms with Crippen LogP contribution in [0.1, 0.15) is 0 Å². The average molecular weight is 315 g/mol. The second kappa shape index (κ2) is 5.95. The number of hydrogen-bond donors (Lipinski definition) is 2. The number of anilines is 1. The molecule has 10 heteroatoms. The minimum absolute atomic E-state index is 0.0177. The van der Waals surface area contributed by atoms with Gasteiger partial charge in [-0.15, -0.1) is 11.8 Å². The molecule has 2 rings (SSSR count). The number of aliphatic carboxylic acids is 1. The molecule has 1 unspecified atom stereocenters. The second-order valence-electron chi connectivity index (χ2n) is 4.18. The van der Waals surface area contributed by atoms with Gasteiger partial charge in [-0.2, -0.15) is 4.39 Å². The lowest BCUT2D eigenvalue weighted by Gasteiger charge is -2.20. The number of nitro groups is 1. The van der Waals surface area contributed by atoms with Gasteiger partial charge < -0.3 is 15.3 Å². The zero-order valence-electron chi connectivity index (χ0n) is 10.5. The molecule has 1 aromatic carbocycles. The molecule has 0 bridgehead atoms. The van der Waals surface area contributed by atoms with E-state index in [1.165, 1.54) is 17.8 Å². The van der Waals surface area contributed by atoms with Crippen LogP contribution < -0.4 is 5.32 Å². The van der Waals surface area contributed by atoms with E-state index in [0.29, 0.717) is 0 Å². The van der Waals surface area contributed by atoms with Gasteiger partial charge in [0, 0.05) is 23.6 Å². The number of thioether (sulfide) groups is 1. The van der Waals surface area contributed by atoms with Crippen LogP contribution in [0.4, 0.5) is 20.6 Å². The van der Waals surface area contributed by atoms with Crippen molar-refractivity contribution < 1.29 is 24.0 Å². The lowest BCUT2D eigenvalue weighted by Crippen LogP contribution is -2.43. The van der Waals surface area contributed by atoms with Gasteiger partial charge in [-0.3, -0.25) is 10.1 Å². The molecule has 112 valence electrons. The number of rotatable bonds is 3. The molecule has 21 heavy (non-hydrogen) atoms. The first-order valence-electron chi connectivity index (χ1n) is 5.72. The molecule has 1 atom stereocenters. The van der Waals surface area contributed by atoms with Crippen LogP contribution in [0.3, 0.4) is 0 Å².